The highest BCUT2D eigenvalue weighted by Gasteiger charge is 2.11. The van der Waals surface area contributed by atoms with E-state index in [4.69, 9.17) is 11.6 Å². The fraction of sp³-hybridized carbons (Fsp3) is 0.333. The number of H-pyrrole nitrogens is 1. The zero-order valence-electron chi connectivity index (χ0n) is 10.1. The second kappa shape index (κ2) is 5.12. The van der Waals surface area contributed by atoms with Gasteiger partial charge in [0, 0.05) is 10.4 Å². The Hall–Kier alpha value is -1.33. The molecule has 18 heavy (non-hydrogen) atoms. The molecule has 0 aromatic carbocycles. The molecule has 2 aromatic rings. The number of nitrogens with one attached hydrogen (secondary N) is 1. The van der Waals surface area contributed by atoms with Crippen LogP contribution in [0.5, 0.6) is 0 Å². The van der Waals surface area contributed by atoms with E-state index in [2.05, 4.69) is 4.98 Å². The third-order valence-electron chi connectivity index (χ3n) is 2.88. The molecule has 0 fully saturated rings. The molecule has 0 aliphatic rings. The first-order valence-electron chi connectivity index (χ1n) is 5.59. The van der Waals surface area contributed by atoms with Crippen molar-refractivity contribution < 1.29 is 0 Å². The van der Waals surface area contributed by atoms with Gasteiger partial charge in [0.1, 0.15) is 5.15 Å². The van der Waals surface area contributed by atoms with Crippen molar-refractivity contribution >= 4 is 22.9 Å². The summed E-state index contributed by atoms with van der Waals surface area (Å²) in [5.41, 5.74) is 0.732. The van der Waals surface area contributed by atoms with Gasteiger partial charge in [0.25, 0.3) is 5.56 Å². The monoisotopic (exact) mass is 284 g/mol. The van der Waals surface area contributed by atoms with Gasteiger partial charge >= 0.3 is 5.69 Å². The third-order valence-corrected chi connectivity index (χ3v) is 4.20. The average Bonchev–Trinajstić information content (AvgIpc) is 2.79. The molecule has 0 amide bonds. The van der Waals surface area contributed by atoms with Gasteiger partial charge in [0.05, 0.1) is 6.54 Å². The third kappa shape index (κ3) is 2.28. The van der Waals surface area contributed by atoms with Crippen molar-refractivity contribution in [1.82, 2.24) is 9.55 Å². The number of hydrogen-bond acceptors (Lipinski definition) is 3. The van der Waals surface area contributed by atoms with Crippen molar-refractivity contribution in [3.63, 3.8) is 0 Å². The molecule has 0 saturated carbocycles. The highest BCUT2D eigenvalue weighted by molar-refractivity contribution is 7.10. The summed E-state index contributed by atoms with van der Waals surface area (Å²) in [6.45, 7) is 3.95. The molecule has 1 N–H and O–H groups in total. The predicted molar refractivity (Wildman–Crippen MR) is 73.9 cm³/mol. The summed E-state index contributed by atoms with van der Waals surface area (Å²) >= 11 is 7.32. The Kier molecular flexibility index (Phi) is 3.73. The van der Waals surface area contributed by atoms with Crippen LogP contribution in [-0.4, -0.2) is 9.55 Å². The molecule has 0 aliphatic heterocycles. The van der Waals surface area contributed by atoms with Crippen molar-refractivity contribution in [1.29, 1.82) is 0 Å². The largest absolute Gasteiger partial charge is 0.329 e. The molecule has 2 aromatic heterocycles. The van der Waals surface area contributed by atoms with E-state index in [9.17, 15) is 9.59 Å². The van der Waals surface area contributed by atoms with Gasteiger partial charge in [-0.05, 0) is 30.4 Å². The molecular weight excluding hydrogens is 272 g/mol. The van der Waals surface area contributed by atoms with Crippen LogP contribution >= 0.6 is 22.9 Å². The van der Waals surface area contributed by atoms with E-state index >= 15 is 0 Å². The zero-order chi connectivity index (χ0) is 13.3. The molecule has 4 nitrogen and oxygen atoms in total. The Morgan fingerprint density at radius 2 is 2.17 bits per heavy atom. The number of thiophene rings is 1. The lowest BCUT2D eigenvalue weighted by Crippen LogP contribution is -2.36. The fourth-order valence-electron chi connectivity index (χ4n) is 1.75. The lowest BCUT2D eigenvalue weighted by Gasteiger charge is -2.06. The van der Waals surface area contributed by atoms with Crippen LogP contribution in [0.4, 0.5) is 0 Å². The number of rotatable bonds is 3. The van der Waals surface area contributed by atoms with Crippen molar-refractivity contribution in [3.05, 3.63) is 53.4 Å². The Morgan fingerprint density at radius 3 is 2.83 bits per heavy atom. The van der Waals surface area contributed by atoms with Gasteiger partial charge in [-0.2, -0.15) is 0 Å². The van der Waals surface area contributed by atoms with Gasteiger partial charge in [-0.15, -0.1) is 11.3 Å². The van der Waals surface area contributed by atoms with E-state index < -0.39 is 5.69 Å². The second-order valence-corrected chi connectivity index (χ2v) is 5.36. The number of aromatic nitrogens is 2. The second-order valence-electron chi connectivity index (χ2n) is 3.98. The van der Waals surface area contributed by atoms with Crippen LogP contribution in [0, 0.1) is 6.92 Å². The van der Waals surface area contributed by atoms with Gasteiger partial charge in [0.15, 0.2) is 0 Å². The van der Waals surface area contributed by atoms with Crippen LogP contribution in [-0.2, 0) is 13.0 Å². The molecule has 0 saturated heterocycles. The van der Waals surface area contributed by atoms with E-state index in [0.717, 1.165) is 11.3 Å². The summed E-state index contributed by atoms with van der Waals surface area (Å²) in [4.78, 5) is 27.3. The summed E-state index contributed by atoms with van der Waals surface area (Å²) in [7, 11) is 0. The standard InChI is InChI=1S/C12H13ClN2O2S/c1-3-8-4-5-18-9(8)6-15-11(16)7(2)10(13)14-12(15)17/h4-5H,3,6H2,1-2H3,(H,14,17). The Balaban J connectivity index is 2.51. The van der Waals surface area contributed by atoms with Crippen molar-refractivity contribution in [2.24, 2.45) is 0 Å². The summed E-state index contributed by atoms with van der Waals surface area (Å²) in [6.07, 6.45) is 0.887. The number of hydrogen-bond donors (Lipinski definition) is 1. The minimum absolute atomic E-state index is 0.114. The maximum absolute atomic E-state index is 12.0. The number of aromatic amines is 1. The quantitative estimate of drug-likeness (QED) is 0.878. The van der Waals surface area contributed by atoms with Crippen LogP contribution in [0.15, 0.2) is 21.0 Å². The van der Waals surface area contributed by atoms with Crippen LogP contribution in [0.2, 0.25) is 5.15 Å². The summed E-state index contributed by atoms with van der Waals surface area (Å²) in [5, 5.41) is 2.08. The van der Waals surface area contributed by atoms with Gasteiger partial charge < -0.3 is 0 Å². The molecule has 0 spiro atoms. The smallest absolute Gasteiger partial charge is 0.297 e. The van der Waals surface area contributed by atoms with Gasteiger partial charge in [-0.3, -0.25) is 14.3 Å². The molecule has 6 heteroatoms. The Morgan fingerprint density at radius 1 is 1.44 bits per heavy atom. The van der Waals surface area contributed by atoms with E-state index in [1.807, 2.05) is 18.4 Å². The minimum atomic E-state index is -0.467. The van der Waals surface area contributed by atoms with Crippen molar-refractivity contribution in [2.75, 3.05) is 0 Å². The molecule has 96 valence electrons. The molecule has 0 unspecified atom stereocenters. The Bertz CT molecular complexity index is 684. The molecule has 0 aliphatic carbocycles. The van der Waals surface area contributed by atoms with E-state index in [1.165, 1.54) is 10.1 Å². The molecule has 0 radical (unpaired) electrons. The molecule has 0 bridgehead atoms. The summed E-state index contributed by atoms with van der Waals surface area (Å²) in [6, 6.07) is 2.02. The van der Waals surface area contributed by atoms with E-state index in [1.54, 1.807) is 18.3 Å². The lowest BCUT2D eigenvalue weighted by molar-refractivity contribution is 0.695. The summed E-state index contributed by atoms with van der Waals surface area (Å²) < 4.78 is 1.19. The van der Waals surface area contributed by atoms with E-state index in [-0.39, 0.29) is 10.7 Å². The molecule has 2 rings (SSSR count). The van der Waals surface area contributed by atoms with E-state index in [0.29, 0.717) is 12.1 Å². The number of aryl methyl sites for hydroxylation is 1. The van der Waals surface area contributed by atoms with Gasteiger partial charge in [-0.25, -0.2) is 4.79 Å². The van der Waals surface area contributed by atoms with Gasteiger partial charge in [-0.1, -0.05) is 18.5 Å². The Labute approximate surface area is 113 Å². The number of halogens is 1. The fourth-order valence-corrected chi connectivity index (χ4v) is 2.88. The predicted octanol–water partition coefficient (Wildman–Crippen LogP) is 2.17. The van der Waals surface area contributed by atoms with Crippen LogP contribution in [0.3, 0.4) is 0 Å². The van der Waals surface area contributed by atoms with Crippen LogP contribution in [0.25, 0.3) is 0 Å². The van der Waals surface area contributed by atoms with Crippen LogP contribution < -0.4 is 11.2 Å². The zero-order valence-corrected chi connectivity index (χ0v) is 11.7. The first kappa shape index (κ1) is 13.1. The first-order chi connectivity index (χ1) is 8.54. The maximum Gasteiger partial charge on any atom is 0.329 e. The average molecular weight is 285 g/mol. The van der Waals surface area contributed by atoms with Crippen LogP contribution in [0.1, 0.15) is 22.9 Å². The van der Waals surface area contributed by atoms with Crippen molar-refractivity contribution in [3.8, 4) is 0 Å². The summed E-state index contributed by atoms with van der Waals surface area (Å²) in [5.74, 6) is 0. The van der Waals surface area contributed by atoms with Crippen molar-refractivity contribution in [2.45, 2.75) is 26.8 Å². The number of nitrogens with zero attached hydrogens (tertiary/aromatic N) is 1. The maximum atomic E-state index is 12.0. The molecule has 0 atom stereocenters. The highest BCUT2D eigenvalue weighted by Crippen LogP contribution is 2.17. The normalized spacial score (nSPS) is 10.8. The SMILES string of the molecule is CCc1ccsc1Cn1c(=O)[nH]c(Cl)c(C)c1=O. The first-order valence-corrected chi connectivity index (χ1v) is 6.84. The molecule has 2 heterocycles. The lowest BCUT2D eigenvalue weighted by atomic mass is 10.2. The minimum Gasteiger partial charge on any atom is -0.297 e. The van der Waals surface area contributed by atoms with Gasteiger partial charge in [0.2, 0.25) is 0 Å². The highest BCUT2D eigenvalue weighted by atomic mass is 35.5. The topological polar surface area (TPSA) is 54.9 Å². The molecular formula is C12H13ClN2O2S.